The van der Waals surface area contributed by atoms with Crippen molar-refractivity contribution in [3.63, 3.8) is 0 Å². The fourth-order valence-electron chi connectivity index (χ4n) is 7.81. The van der Waals surface area contributed by atoms with Gasteiger partial charge in [-0.15, -0.1) is 5.10 Å². The standard InChI is InChI=1S/C30H35N3O/c1-30-16-15-25-24-12-10-23(34-19-20-5-3-2-4-6-20)17-22(24)9-11-26(25)27(30)13-14-29(30)33-18-28(31-32-33)21-7-8-21/h2-6,10,12,17-18,21,25-27,29H,7-9,11,13-16,19H2,1H3/t25-,26-,27+,29-,30+/m1/s1. The first-order valence-electron chi connectivity index (χ1n) is 13.4. The summed E-state index contributed by atoms with van der Waals surface area (Å²) in [5.74, 6) is 4.01. The first kappa shape index (κ1) is 20.7. The van der Waals surface area contributed by atoms with Crippen LogP contribution in [0.15, 0.2) is 54.7 Å². The van der Waals surface area contributed by atoms with Crippen LogP contribution in [0.3, 0.4) is 0 Å². The van der Waals surface area contributed by atoms with Gasteiger partial charge >= 0.3 is 0 Å². The zero-order valence-electron chi connectivity index (χ0n) is 20.2. The highest BCUT2D eigenvalue weighted by atomic mass is 16.5. The molecule has 4 aliphatic carbocycles. The molecule has 0 unspecified atom stereocenters. The van der Waals surface area contributed by atoms with Crippen LogP contribution in [0.1, 0.15) is 92.1 Å². The molecule has 0 spiro atoms. The Bertz CT molecular complexity index is 1180. The molecule has 176 valence electrons. The van der Waals surface area contributed by atoms with Crippen LogP contribution in [0.25, 0.3) is 0 Å². The molecule has 34 heavy (non-hydrogen) atoms. The molecule has 0 saturated heterocycles. The molecule has 5 atom stereocenters. The van der Waals surface area contributed by atoms with Crippen molar-refractivity contribution >= 4 is 0 Å². The number of ether oxygens (including phenoxy) is 1. The van der Waals surface area contributed by atoms with Crippen molar-refractivity contribution in [2.75, 3.05) is 0 Å². The molecule has 3 saturated carbocycles. The summed E-state index contributed by atoms with van der Waals surface area (Å²) in [4.78, 5) is 0. The minimum absolute atomic E-state index is 0.353. The van der Waals surface area contributed by atoms with E-state index in [-0.39, 0.29) is 0 Å². The van der Waals surface area contributed by atoms with E-state index in [1.807, 2.05) is 0 Å². The first-order chi connectivity index (χ1) is 16.7. The van der Waals surface area contributed by atoms with E-state index in [1.165, 1.54) is 68.2 Å². The predicted molar refractivity (Wildman–Crippen MR) is 133 cm³/mol. The fraction of sp³-hybridized carbons (Fsp3) is 0.533. The van der Waals surface area contributed by atoms with Crippen LogP contribution in [-0.4, -0.2) is 15.0 Å². The van der Waals surface area contributed by atoms with E-state index in [0.717, 1.165) is 17.6 Å². The van der Waals surface area contributed by atoms with E-state index in [4.69, 9.17) is 4.74 Å². The quantitative estimate of drug-likeness (QED) is 0.425. The molecule has 7 rings (SSSR count). The Balaban J connectivity index is 1.09. The van der Waals surface area contributed by atoms with Gasteiger partial charge in [0.2, 0.25) is 0 Å². The second-order valence-electron chi connectivity index (χ2n) is 11.6. The highest BCUT2D eigenvalue weighted by Gasteiger charge is 2.55. The lowest BCUT2D eigenvalue weighted by atomic mass is 9.55. The number of hydrogen-bond donors (Lipinski definition) is 0. The molecule has 1 heterocycles. The van der Waals surface area contributed by atoms with Crippen LogP contribution < -0.4 is 4.74 Å². The van der Waals surface area contributed by atoms with E-state index in [9.17, 15) is 0 Å². The molecule has 0 N–H and O–H groups in total. The molecule has 0 aliphatic heterocycles. The van der Waals surface area contributed by atoms with E-state index >= 15 is 0 Å². The van der Waals surface area contributed by atoms with Gasteiger partial charge in [0.15, 0.2) is 0 Å². The molecule has 4 nitrogen and oxygen atoms in total. The number of rotatable bonds is 5. The zero-order valence-corrected chi connectivity index (χ0v) is 20.2. The third-order valence-corrected chi connectivity index (χ3v) is 9.74. The summed E-state index contributed by atoms with van der Waals surface area (Å²) >= 11 is 0. The van der Waals surface area contributed by atoms with Crippen molar-refractivity contribution in [3.8, 4) is 5.75 Å². The van der Waals surface area contributed by atoms with Gasteiger partial charge in [0.05, 0.1) is 11.7 Å². The van der Waals surface area contributed by atoms with Crippen LogP contribution in [0, 0.1) is 17.3 Å². The van der Waals surface area contributed by atoms with E-state index in [0.29, 0.717) is 29.9 Å². The lowest BCUT2D eigenvalue weighted by molar-refractivity contribution is 0.0284. The maximum absolute atomic E-state index is 6.15. The maximum atomic E-state index is 6.15. The van der Waals surface area contributed by atoms with E-state index in [2.05, 4.69) is 76.6 Å². The van der Waals surface area contributed by atoms with Crippen molar-refractivity contribution in [3.05, 3.63) is 77.1 Å². The van der Waals surface area contributed by atoms with Gasteiger partial charge in [-0.05, 0) is 103 Å². The van der Waals surface area contributed by atoms with Gasteiger partial charge in [-0.2, -0.15) is 0 Å². The van der Waals surface area contributed by atoms with Gasteiger partial charge in [-0.3, -0.25) is 0 Å². The van der Waals surface area contributed by atoms with Gasteiger partial charge in [0, 0.05) is 12.1 Å². The Labute approximate surface area is 202 Å². The molecule has 3 aromatic rings. The molecule has 0 radical (unpaired) electrons. The number of aryl methyl sites for hydroxylation is 1. The molecule has 2 aromatic carbocycles. The lowest BCUT2D eigenvalue weighted by Gasteiger charge is -2.50. The molecule has 0 amide bonds. The molecular weight excluding hydrogens is 418 g/mol. The Morgan fingerprint density at radius 1 is 1.00 bits per heavy atom. The molecule has 4 aliphatic rings. The number of fused-ring (bicyclic) bond motifs is 5. The summed E-state index contributed by atoms with van der Waals surface area (Å²) in [5.41, 5.74) is 5.93. The summed E-state index contributed by atoms with van der Waals surface area (Å²) < 4.78 is 8.42. The lowest BCUT2D eigenvalue weighted by Crippen LogP contribution is -2.42. The molecule has 0 bridgehead atoms. The zero-order chi connectivity index (χ0) is 22.7. The largest absolute Gasteiger partial charge is 0.489 e. The van der Waals surface area contributed by atoms with Crippen molar-refractivity contribution in [1.29, 1.82) is 0 Å². The Morgan fingerprint density at radius 2 is 1.88 bits per heavy atom. The predicted octanol–water partition coefficient (Wildman–Crippen LogP) is 6.83. The number of nitrogens with zero attached hydrogens (tertiary/aromatic N) is 3. The number of hydrogen-bond acceptors (Lipinski definition) is 3. The van der Waals surface area contributed by atoms with E-state index < -0.39 is 0 Å². The molecular formula is C30H35N3O. The highest BCUT2D eigenvalue weighted by molar-refractivity contribution is 5.41. The topological polar surface area (TPSA) is 39.9 Å². The van der Waals surface area contributed by atoms with Crippen LogP contribution >= 0.6 is 0 Å². The SMILES string of the molecule is C[C@]12CC[C@@H]3c4ccc(OCc5ccccc5)cc4CC[C@H]3[C@@H]1CC[C@H]2n1cc(C2CC2)nn1. The second-order valence-corrected chi connectivity index (χ2v) is 11.6. The average Bonchev–Trinajstić information content (AvgIpc) is 3.50. The van der Waals surface area contributed by atoms with Crippen molar-refractivity contribution in [2.45, 2.75) is 82.8 Å². The van der Waals surface area contributed by atoms with Crippen LogP contribution in [0.5, 0.6) is 5.75 Å². The summed E-state index contributed by atoms with van der Waals surface area (Å²) in [6, 6.07) is 17.9. The smallest absolute Gasteiger partial charge is 0.120 e. The monoisotopic (exact) mass is 453 g/mol. The first-order valence-corrected chi connectivity index (χ1v) is 13.4. The Kier molecular flexibility index (Phi) is 4.86. The van der Waals surface area contributed by atoms with Gasteiger partial charge in [-0.25, -0.2) is 4.68 Å². The van der Waals surface area contributed by atoms with Gasteiger partial charge in [-0.1, -0.05) is 48.5 Å². The summed E-state index contributed by atoms with van der Waals surface area (Å²) in [6.45, 7) is 3.21. The average molecular weight is 454 g/mol. The third-order valence-electron chi connectivity index (χ3n) is 9.74. The van der Waals surface area contributed by atoms with E-state index in [1.54, 1.807) is 5.56 Å². The minimum Gasteiger partial charge on any atom is -0.489 e. The third kappa shape index (κ3) is 3.40. The van der Waals surface area contributed by atoms with Gasteiger partial charge < -0.3 is 4.74 Å². The second kappa shape index (κ2) is 7.96. The maximum Gasteiger partial charge on any atom is 0.120 e. The van der Waals surface area contributed by atoms with Crippen molar-refractivity contribution in [2.24, 2.45) is 17.3 Å². The van der Waals surface area contributed by atoms with Crippen LogP contribution in [-0.2, 0) is 13.0 Å². The molecule has 4 heteroatoms. The summed E-state index contributed by atoms with van der Waals surface area (Å²) in [5, 5.41) is 9.18. The normalized spacial score (nSPS) is 32.0. The molecule has 3 fully saturated rings. The van der Waals surface area contributed by atoms with Gasteiger partial charge in [0.1, 0.15) is 12.4 Å². The van der Waals surface area contributed by atoms with Crippen LogP contribution in [0.2, 0.25) is 0 Å². The summed E-state index contributed by atoms with van der Waals surface area (Å²) in [7, 11) is 0. The Morgan fingerprint density at radius 3 is 2.74 bits per heavy atom. The fourth-order valence-corrected chi connectivity index (χ4v) is 7.81. The number of aromatic nitrogens is 3. The Hall–Kier alpha value is -2.62. The molecule has 1 aromatic heterocycles. The van der Waals surface area contributed by atoms with Gasteiger partial charge in [0.25, 0.3) is 0 Å². The minimum atomic E-state index is 0.353. The highest BCUT2D eigenvalue weighted by Crippen LogP contribution is 2.64. The van der Waals surface area contributed by atoms with Crippen molar-refractivity contribution in [1.82, 2.24) is 15.0 Å². The van der Waals surface area contributed by atoms with Crippen LogP contribution in [0.4, 0.5) is 0 Å². The number of benzene rings is 2. The summed E-state index contributed by atoms with van der Waals surface area (Å²) in [6.07, 6.45) is 12.6. The van der Waals surface area contributed by atoms with Crippen molar-refractivity contribution < 1.29 is 4.74 Å².